The Morgan fingerprint density at radius 2 is 2.11 bits per heavy atom. The second-order valence-electron chi connectivity index (χ2n) is 5.26. The first-order valence-electron chi connectivity index (χ1n) is 6.83. The molecule has 3 rings (SSSR count). The van der Waals surface area contributed by atoms with Gasteiger partial charge in [0.15, 0.2) is 11.5 Å². The molecular weight excluding hydrogens is 242 g/mol. The third-order valence-corrected chi connectivity index (χ3v) is 3.78. The molecule has 1 aromatic heterocycles. The van der Waals surface area contributed by atoms with Crippen molar-refractivity contribution >= 4 is 17.1 Å². The van der Waals surface area contributed by atoms with Crippen molar-refractivity contribution in [1.29, 1.82) is 0 Å². The second kappa shape index (κ2) is 5.03. The Balaban J connectivity index is 1.89. The summed E-state index contributed by atoms with van der Waals surface area (Å²) in [4.78, 5) is 15.3. The summed E-state index contributed by atoms with van der Waals surface area (Å²) in [6.07, 6.45) is 6.12. The molecule has 0 saturated heterocycles. The van der Waals surface area contributed by atoms with E-state index in [0.29, 0.717) is 5.92 Å². The van der Waals surface area contributed by atoms with Crippen LogP contribution in [0.3, 0.4) is 0 Å². The Bertz CT molecular complexity index is 596. The van der Waals surface area contributed by atoms with Crippen molar-refractivity contribution in [3.8, 4) is 0 Å². The fourth-order valence-corrected chi connectivity index (χ4v) is 2.80. The van der Waals surface area contributed by atoms with E-state index in [1.807, 2.05) is 12.1 Å². The van der Waals surface area contributed by atoms with E-state index in [9.17, 15) is 4.79 Å². The van der Waals surface area contributed by atoms with Crippen LogP contribution in [-0.4, -0.2) is 16.1 Å². The van der Waals surface area contributed by atoms with E-state index in [0.717, 1.165) is 35.4 Å². The molecule has 100 valence electrons. The van der Waals surface area contributed by atoms with Gasteiger partial charge in [0.1, 0.15) is 5.52 Å². The molecule has 0 spiro atoms. The fourth-order valence-electron chi connectivity index (χ4n) is 2.80. The molecule has 1 N–H and O–H groups in total. The molecule has 2 aromatic rings. The van der Waals surface area contributed by atoms with Crippen molar-refractivity contribution in [2.45, 2.75) is 44.4 Å². The number of fused-ring (bicyclic) bond motifs is 1. The van der Waals surface area contributed by atoms with Gasteiger partial charge in [-0.25, -0.2) is 4.98 Å². The summed E-state index contributed by atoms with van der Waals surface area (Å²) < 4.78 is 5.81. The highest BCUT2D eigenvalue weighted by atomic mass is 16.4. The number of hydrogen-bond donors (Lipinski definition) is 1. The smallest absolute Gasteiger partial charge is 0.307 e. The molecule has 1 aliphatic carbocycles. The van der Waals surface area contributed by atoms with Crippen LogP contribution >= 0.6 is 0 Å². The number of carboxylic acid groups (broad SMARTS) is 1. The Kier molecular flexibility index (Phi) is 3.23. The van der Waals surface area contributed by atoms with Gasteiger partial charge in [-0.1, -0.05) is 25.3 Å². The first kappa shape index (κ1) is 12.2. The molecule has 0 amide bonds. The van der Waals surface area contributed by atoms with Gasteiger partial charge < -0.3 is 9.52 Å². The summed E-state index contributed by atoms with van der Waals surface area (Å²) in [6.45, 7) is 0. The summed E-state index contributed by atoms with van der Waals surface area (Å²) in [5, 5.41) is 8.80. The number of benzene rings is 1. The van der Waals surface area contributed by atoms with Crippen molar-refractivity contribution in [3.05, 3.63) is 29.7 Å². The van der Waals surface area contributed by atoms with Crippen molar-refractivity contribution in [1.82, 2.24) is 4.98 Å². The highest BCUT2D eigenvalue weighted by molar-refractivity contribution is 5.76. The molecule has 0 atom stereocenters. The molecule has 0 unspecified atom stereocenters. The molecule has 0 radical (unpaired) electrons. The molecule has 4 heteroatoms. The Labute approximate surface area is 111 Å². The molecule has 19 heavy (non-hydrogen) atoms. The molecule has 1 fully saturated rings. The van der Waals surface area contributed by atoms with Crippen molar-refractivity contribution in [2.24, 2.45) is 0 Å². The molecule has 1 heterocycles. The number of carboxylic acids is 1. The van der Waals surface area contributed by atoms with E-state index < -0.39 is 5.97 Å². The van der Waals surface area contributed by atoms with E-state index in [-0.39, 0.29) is 6.42 Å². The lowest BCUT2D eigenvalue weighted by Gasteiger charge is -2.17. The number of rotatable bonds is 3. The van der Waals surface area contributed by atoms with Gasteiger partial charge in [-0.15, -0.1) is 0 Å². The quantitative estimate of drug-likeness (QED) is 0.916. The maximum Gasteiger partial charge on any atom is 0.307 e. The minimum absolute atomic E-state index is 0.0293. The minimum Gasteiger partial charge on any atom is -0.481 e. The van der Waals surface area contributed by atoms with E-state index >= 15 is 0 Å². The van der Waals surface area contributed by atoms with Gasteiger partial charge in [0.2, 0.25) is 0 Å². The zero-order valence-electron chi connectivity index (χ0n) is 10.8. The first-order valence-corrected chi connectivity index (χ1v) is 6.83. The van der Waals surface area contributed by atoms with Crippen LogP contribution in [0.25, 0.3) is 11.1 Å². The van der Waals surface area contributed by atoms with Crippen molar-refractivity contribution < 1.29 is 14.3 Å². The maximum atomic E-state index is 10.7. The number of hydrogen-bond acceptors (Lipinski definition) is 3. The van der Waals surface area contributed by atoms with E-state index in [1.54, 1.807) is 6.07 Å². The number of aliphatic carboxylic acids is 1. The molecule has 1 aliphatic rings. The summed E-state index contributed by atoms with van der Waals surface area (Å²) in [7, 11) is 0. The Morgan fingerprint density at radius 1 is 1.32 bits per heavy atom. The molecule has 1 saturated carbocycles. The standard InChI is InChI=1S/C15H17NO3/c17-14(18)9-10-6-7-13-12(8-10)16-15(19-13)11-4-2-1-3-5-11/h6-8,11H,1-5,9H2,(H,17,18). The van der Waals surface area contributed by atoms with Crippen LogP contribution in [0.5, 0.6) is 0 Å². The SMILES string of the molecule is O=C(O)Cc1ccc2oc(C3CCCCC3)nc2c1. The number of oxazole rings is 1. The van der Waals surface area contributed by atoms with Gasteiger partial charge in [-0.2, -0.15) is 0 Å². The number of aromatic nitrogens is 1. The molecule has 0 aliphatic heterocycles. The number of carbonyl (C=O) groups is 1. The summed E-state index contributed by atoms with van der Waals surface area (Å²) in [6, 6.07) is 5.44. The normalized spacial score (nSPS) is 16.8. The first-order chi connectivity index (χ1) is 9.22. The summed E-state index contributed by atoms with van der Waals surface area (Å²) in [5.74, 6) is 0.432. The zero-order valence-corrected chi connectivity index (χ0v) is 10.8. The highest BCUT2D eigenvalue weighted by Gasteiger charge is 2.20. The minimum atomic E-state index is -0.824. The van der Waals surface area contributed by atoms with Crippen LogP contribution in [0.1, 0.15) is 49.5 Å². The summed E-state index contributed by atoms with van der Waals surface area (Å²) in [5.41, 5.74) is 2.30. The average molecular weight is 259 g/mol. The van der Waals surface area contributed by atoms with Gasteiger partial charge in [-0.05, 0) is 30.5 Å². The van der Waals surface area contributed by atoms with Crippen LogP contribution in [-0.2, 0) is 11.2 Å². The number of nitrogens with zero attached hydrogens (tertiary/aromatic N) is 1. The third-order valence-electron chi connectivity index (χ3n) is 3.78. The van der Waals surface area contributed by atoms with E-state index in [4.69, 9.17) is 9.52 Å². The van der Waals surface area contributed by atoms with E-state index in [2.05, 4.69) is 4.98 Å². The molecular formula is C15H17NO3. The van der Waals surface area contributed by atoms with Gasteiger partial charge in [-0.3, -0.25) is 4.79 Å². The third kappa shape index (κ3) is 2.62. The predicted molar refractivity (Wildman–Crippen MR) is 71.2 cm³/mol. The largest absolute Gasteiger partial charge is 0.481 e. The van der Waals surface area contributed by atoms with Crippen LogP contribution < -0.4 is 0 Å². The van der Waals surface area contributed by atoms with Crippen molar-refractivity contribution in [3.63, 3.8) is 0 Å². The van der Waals surface area contributed by atoms with E-state index in [1.165, 1.54) is 19.3 Å². The summed E-state index contributed by atoms with van der Waals surface area (Å²) >= 11 is 0. The molecule has 4 nitrogen and oxygen atoms in total. The average Bonchev–Trinajstić information content (AvgIpc) is 2.82. The predicted octanol–water partition coefficient (Wildman–Crippen LogP) is 3.50. The highest BCUT2D eigenvalue weighted by Crippen LogP contribution is 2.33. The Hall–Kier alpha value is -1.84. The van der Waals surface area contributed by atoms with Gasteiger partial charge in [0.25, 0.3) is 0 Å². The van der Waals surface area contributed by atoms with Crippen LogP contribution in [0.2, 0.25) is 0 Å². The van der Waals surface area contributed by atoms with Crippen LogP contribution in [0.4, 0.5) is 0 Å². The van der Waals surface area contributed by atoms with Gasteiger partial charge in [0, 0.05) is 5.92 Å². The fraction of sp³-hybridized carbons (Fsp3) is 0.467. The van der Waals surface area contributed by atoms with Gasteiger partial charge in [0.05, 0.1) is 6.42 Å². The zero-order chi connectivity index (χ0) is 13.2. The molecule has 1 aromatic carbocycles. The Morgan fingerprint density at radius 3 is 2.84 bits per heavy atom. The second-order valence-corrected chi connectivity index (χ2v) is 5.26. The lowest BCUT2D eigenvalue weighted by molar-refractivity contribution is -0.136. The topological polar surface area (TPSA) is 63.3 Å². The molecule has 0 bridgehead atoms. The van der Waals surface area contributed by atoms with Gasteiger partial charge >= 0.3 is 5.97 Å². The monoisotopic (exact) mass is 259 g/mol. The van der Waals surface area contributed by atoms with Crippen LogP contribution in [0, 0.1) is 0 Å². The van der Waals surface area contributed by atoms with Crippen LogP contribution in [0.15, 0.2) is 22.6 Å². The maximum absolute atomic E-state index is 10.7. The van der Waals surface area contributed by atoms with Crippen molar-refractivity contribution in [2.75, 3.05) is 0 Å². The lowest BCUT2D eigenvalue weighted by atomic mass is 9.89. The lowest BCUT2D eigenvalue weighted by Crippen LogP contribution is -2.04.